The molecule has 4 rings (SSSR count). The number of unbranched alkanes of at least 4 members (excludes halogenated alkanes) is 2. The van der Waals surface area contributed by atoms with Gasteiger partial charge in [0.05, 0.1) is 49.4 Å². The highest BCUT2D eigenvalue weighted by atomic mass is 32.2. The molecule has 0 saturated carbocycles. The summed E-state index contributed by atoms with van der Waals surface area (Å²) in [6.07, 6.45) is 3.35. The van der Waals surface area contributed by atoms with Crippen molar-refractivity contribution < 1.29 is 68.9 Å². The summed E-state index contributed by atoms with van der Waals surface area (Å²) in [4.78, 5) is 63.3. The van der Waals surface area contributed by atoms with Crippen molar-refractivity contribution in [3.05, 3.63) is 84.9 Å². The van der Waals surface area contributed by atoms with Gasteiger partial charge in [-0.25, -0.2) is 4.79 Å². The van der Waals surface area contributed by atoms with E-state index < -0.39 is 78.4 Å². The largest absolute Gasteiger partial charge is 0.534 e. The predicted octanol–water partition coefficient (Wildman–Crippen LogP) is 5.68. The molecule has 56 heavy (non-hydrogen) atoms. The van der Waals surface area contributed by atoms with Crippen LogP contribution in [-0.2, 0) is 23.8 Å². The maximum atomic E-state index is 13.5. The van der Waals surface area contributed by atoms with Crippen LogP contribution in [0.15, 0.2) is 48.0 Å². The summed E-state index contributed by atoms with van der Waals surface area (Å²) in [6, 6.07) is 2.57. The number of carbonyl (C=O) groups excluding carboxylic acids is 3. The first-order valence-corrected chi connectivity index (χ1v) is 18.1. The van der Waals surface area contributed by atoms with E-state index in [2.05, 4.69) is 8.92 Å². The number of amides is 2. The molecule has 2 unspecified atom stereocenters. The van der Waals surface area contributed by atoms with Gasteiger partial charge in [0.25, 0.3) is 23.2 Å². The van der Waals surface area contributed by atoms with Gasteiger partial charge in [0.15, 0.2) is 11.5 Å². The molecule has 0 fully saturated rings. The summed E-state index contributed by atoms with van der Waals surface area (Å²) in [7, 11) is -3.92. The topological polar surface area (TPSA) is 224 Å². The number of hydrogen-bond donors (Lipinski definition) is 0. The van der Waals surface area contributed by atoms with Crippen LogP contribution in [0.3, 0.4) is 0 Å². The zero-order valence-electron chi connectivity index (χ0n) is 30.6. The molecular weight excluding hydrogens is 777 g/mol. The minimum Gasteiger partial charge on any atom is -0.493 e. The minimum atomic E-state index is -6.16. The molecule has 0 radical (unpaired) electrons. The van der Waals surface area contributed by atoms with Gasteiger partial charge in [0, 0.05) is 30.9 Å². The summed E-state index contributed by atoms with van der Waals surface area (Å²) in [5.74, 6) is -3.67. The van der Waals surface area contributed by atoms with E-state index >= 15 is 0 Å². The molecule has 0 aliphatic carbocycles. The summed E-state index contributed by atoms with van der Waals surface area (Å²) in [5, 5.41) is 23.9. The molecule has 2 amide bonds. The Morgan fingerprint density at radius 3 is 1.89 bits per heavy atom. The van der Waals surface area contributed by atoms with Gasteiger partial charge in [-0.1, -0.05) is 5.57 Å². The fraction of sp³-hybridized carbons (Fsp3) is 0.441. The van der Waals surface area contributed by atoms with Gasteiger partial charge in [0.1, 0.15) is 28.7 Å². The number of benzene rings is 2. The van der Waals surface area contributed by atoms with E-state index in [4.69, 9.17) is 14.2 Å². The van der Waals surface area contributed by atoms with Gasteiger partial charge in [-0.3, -0.25) is 34.7 Å². The number of nitro benzene ring substituents is 2. The molecule has 0 spiro atoms. The molecule has 22 heteroatoms. The van der Waals surface area contributed by atoms with Crippen LogP contribution in [0.5, 0.6) is 17.2 Å². The lowest BCUT2D eigenvalue weighted by atomic mass is 10.1. The number of hydrogen-bond acceptors (Lipinski definition) is 14. The van der Waals surface area contributed by atoms with Crippen molar-refractivity contribution in [2.75, 3.05) is 27.4 Å². The van der Waals surface area contributed by atoms with Crippen LogP contribution >= 0.6 is 0 Å². The first kappa shape index (κ1) is 42.8. The highest BCUT2D eigenvalue weighted by molar-refractivity contribution is 7.87. The van der Waals surface area contributed by atoms with Gasteiger partial charge in [0.2, 0.25) is 0 Å². The van der Waals surface area contributed by atoms with E-state index in [-0.39, 0.29) is 47.6 Å². The van der Waals surface area contributed by atoms with Crippen LogP contribution < -0.4 is 14.2 Å². The highest BCUT2D eigenvalue weighted by Gasteiger charge is 2.50. The maximum Gasteiger partial charge on any atom is 0.534 e. The van der Waals surface area contributed by atoms with E-state index in [1.54, 1.807) is 6.20 Å². The van der Waals surface area contributed by atoms with Crippen molar-refractivity contribution in [2.45, 2.75) is 70.5 Å². The minimum absolute atomic E-state index is 0.0203. The Labute approximate surface area is 317 Å². The number of ether oxygens (including phenoxy) is 4. The van der Waals surface area contributed by atoms with E-state index in [9.17, 15) is 56.2 Å². The number of aryl methyl sites for hydroxylation is 1. The Balaban J connectivity index is 1.39. The molecule has 2 atom stereocenters. The van der Waals surface area contributed by atoms with Crippen LogP contribution in [0.4, 0.5) is 24.5 Å². The SMILES string of the molecule is COC(=O)C1CC(OS(=O)(=O)C(F)(F)F)=CN1C(=O)c1cc(C)c(OCCCCCOc2cc([N+](=O)[O-])c(C(=O)N3C=C(C)CC3C)cc2OC)cc1[N+](=O)[O-]. The second kappa shape index (κ2) is 17.3. The van der Waals surface area contributed by atoms with Crippen molar-refractivity contribution in [3.63, 3.8) is 0 Å². The van der Waals surface area contributed by atoms with Crippen molar-refractivity contribution in [3.8, 4) is 17.2 Å². The average Bonchev–Trinajstić information content (AvgIpc) is 3.70. The lowest BCUT2D eigenvalue weighted by Gasteiger charge is -2.21. The standard InChI is InChI=1S/C34H37F3N4O14S/c1-19-11-21(3)38(17-19)31(42)24-14-29(51-4)30(16-26(24)41(47)48)54-10-8-6-7-9-53-28-15-25(40(45)46)23(12-20(28)2)32(43)39-18-22(13-27(39)33(44)52-5)55-56(49,50)34(35,36)37/h12,14-18,21,27H,6-11,13H2,1-5H3. The lowest BCUT2D eigenvalue weighted by molar-refractivity contribution is -0.385. The summed E-state index contributed by atoms with van der Waals surface area (Å²) >= 11 is 0. The smallest absolute Gasteiger partial charge is 0.493 e. The second-order valence-electron chi connectivity index (χ2n) is 12.7. The van der Waals surface area contributed by atoms with Crippen LogP contribution in [0.25, 0.3) is 0 Å². The summed E-state index contributed by atoms with van der Waals surface area (Å²) < 4.78 is 87.2. The molecule has 2 heterocycles. The number of halogens is 3. The van der Waals surface area contributed by atoms with Crippen LogP contribution in [0, 0.1) is 27.2 Å². The molecule has 18 nitrogen and oxygen atoms in total. The molecule has 0 aromatic heterocycles. The van der Waals surface area contributed by atoms with Crippen LogP contribution in [0.2, 0.25) is 0 Å². The summed E-state index contributed by atoms with van der Waals surface area (Å²) in [5.41, 5.74) is -6.59. The third kappa shape index (κ3) is 9.47. The monoisotopic (exact) mass is 814 g/mol. The van der Waals surface area contributed by atoms with Crippen molar-refractivity contribution in [2.24, 2.45) is 0 Å². The number of alkyl halides is 3. The molecule has 0 bridgehead atoms. The predicted molar refractivity (Wildman–Crippen MR) is 187 cm³/mol. The number of carbonyl (C=O) groups is 3. The van der Waals surface area contributed by atoms with Gasteiger partial charge >= 0.3 is 21.6 Å². The van der Waals surface area contributed by atoms with E-state index in [1.165, 1.54) is 25.0 Å². The average molecular weight is 815 g/mol. The molecule has 2 aromatic rings. The molecule has 304 valence electrons. The molecule has 2 aliphatic heterocycles. The molecule has 2 aliphatic rings. The maximum absolute atomic E-state index is 13.5. The second-order valence-corrected chi connectivity index (χ2v) is 14.2. The fourth-order valence-corrected chi connectivity index (χ4v) is 6.41. The highest BCUT2D eigenvalue weighted by Crippen LogP contribution is 2.38. The fourth-order valence-electron chi connectivity index (χ4n) is 5.93. The number of esters is 1. The van der Waals surface area contributed by atoms with Gasteiger partial charge < -0.3 is 28.0 Å². The zero-order valence-corrected chi connectivity index (χ0v) is 31.4. The number of nitro groups is 2. The van der Waals surface area contributed by atoms with E-state index in [1.807, 2.05) is 13.8 Å². The van der Waals surface area contributed by atoms with E-state index in [0.717, 1.165) is 30.9 Å². The first-order chi connectivity index (χ1) is 26.2. The number of nitrogens with zero attached hydrogens (tertiary/aromatic N) is 4. The third-order valence-corrected chi connectivity index (χ3v) is 9.64. The van der Waals surface area contributed by atoms with Gasteiger partial charge in [-0.05, 0) is 58.1 Å². The number of rotatable bonds is 16. The van der Waals surface area contributed by atoms with Gasteiger partial charge in [-0.15, -0.1) is 0 Å². The Bertz CT molecular complexity index is 2090. The molecule has 0 saturated heterocycles. The zero-order chi connectivity index (χ0) is 41.7. The van der Waals surface area contributed by atoms with Crippen molar-refractivity contribution >= 4 is 39.3 Å². The van der Waals surface area contributed by atoms with Gasteiger partial charge in [-0.2, -0.15) is 21.6 Å². The first-order valence-electron chi connectivity index (χ1n) is 16.7. The Morgan fingerprint density at radius 2 is 1.38 bits per heavy atom. The molecular formula is C34H37F3N4O14S. The number of methoxy groups -OCH3 is 2. The quantitative estimate of drug-likeness (QED) is 0.0497. The Kier molecular flexibility index (Phi) is 13.2. The lowest BCUT2D eigenvalue weighted by Crippen LogP contribution is -2.39. The Morgan fingerprint density at radius 1 is 0.821 bits per heavy atom. The summed E-state index contributed by atoms with van der Waals surface area (Å²) in [6.45, 7) is 5.30. The van der Waals surface area contributed by atoms with Crippen LogP contribution in [-0.4, -0.2) is 90.9 Å². The third-order valence-electron chi connectivity index (χ3n) is 8.64. The van der Waals surface area contributed by atoms with Crippen molar-refractivity contribution in [1.29, 1.82) is 0 Å². The Hall–Kier alpha value is -5.93. The molecule has 0 N–H and O–H groups in total. The van der Waals surface area contributed by atoms with Crippen molar-refractivity contribution in [1.82, 2.24) is 9.80 Å². The van der Waals surface area contributed by atoms with Crippen LogP contribution in [0.1, 0.15) is 72.2 Å². The molecule has 2 aromatic carbocycles. The van der Waals surface area contributed by atoms with E-state index in [0.29, 0.717) is 36.8 Å². The normalized spacial score (nSPS) is 16.9.